The lowest BCUT2D eigenvalue weighted by Crippen LogP contribution is -2.30. The van der Waals surface area contributed by atoms with Gasteiger partial charge in [0.1, 0.15) is 5.82 Å². The fourth-order valence-corrected chi connectivity index (χ4v) is 1.69. The van der Waals surface area contributed by atoms with Crippen molar-refractivity contribution >= 4 is 11.9 Å². The average molecular weight is 304 g/mol. The van der Waals surface area contributed by atoms with Gasteiger partial charge in [0, 0.05) is 6.07 Å². The maximum Gasteiger partial charge on any atom is 0.320 e. The highest BCUT2D eigenvalue weighted by molar-refractivity contribution is 5.95. The molecule has 0 aliphatic carbocycles. The summed E-state index contributed by atoms with van der Waals surface area (Å²) in [4.78, 5) is 23.4. The van der Waals surface area contributed by atoms with Crippen LogP contribution in [0.2, 0.25) is 0 Å². The molecule has 0 aliphatic rings. The monoisotopic (exact) mass is 304 g/mol. The van der Waals surface area contributed by atoms with Crippen LogP contribution in [0.25, 0.3) is 0 Å². The maximum atomic E-state index is 13.6. The predicted octanol–water partition coefficient (Wildman–Crippen LogP) is 2.39. The van der Waals surface area contributed by atoms with Crippen molar-refractivity contribution in [3.8, 4) is 0 Å². The number of hydrogen-bond acceptors (Lipinski definition) is 4. The van der Waals surface area contributed by atoms with Crippen LogP contribution in [0, 0.1) is 23.4 Å². The summed E-state index contributed by atoms with van der Waals surface area (Å²) in [6, 6.07) is 0.966. The number of benzene rings is 1. The molecule has 7 heteroatoms. The van der Waals surface area contributed by atoms with E-state index in [1.807, 2.05) is 0 Å². The number of hydrogen-bond donors (Lipinski definition) is 0. The van der Waals surface area contributed by atoms with Crippen LogP contribution in [0.4, 0.5) is 13.2 Å². The zero-order valence-corrected chi connectivity index (χ0v) is 11.6. The van der Waals surface area contributed by atoms with Gasteiger partial charge in [0.2, 0.25) is 0 Å². The van der Waals surface area contributed by atoms with Crippen LogP contribution in [0.3, 0.4) is 0 Å². The Balaban J connectivity index is 3.03. The molecule has 1 aromatic carbocycles. The molecule has 116 valence electrons. The third kappa shape index (κ3) is 4.47. The van der Waals surface area contributed by atoms with Gasteiger partial charge in [-0.1, -0.05) is 0 Å². The molecule has 4 nitrogen and oxygen atoms in total. The van der Waals surface area contributed by atoms with Gasteiger partial charge in [-0.15, -0.1) is 0 Å². The second kappa shape index (κ2) is 7.66. The first kappa shape index (κ1) is 17.0. The molecule has 0 saturated carbocycles. The van der Waals surface area contributed by atoms with Crippen molar-refractivity contribution in [2.75, 3.05) is 13.2 Å². The number of halogens is 3. The van der Waals surface area contributed by atoms with E-state index in [1.165, 1.54) is 13.8 Å². The van der Waals surface area contributed by atoms with Crippen LogP contribution in [-0.2, 0) is 25.5 Å². The van der Waals surface area contributed by atoms with Crippen LogP contribution in [0.5, 0.6) is 0 Å². The van der Waals surface area contributed by atoms with E-state index in [4.69, 9.17) is 9.47 Å². The lowest BCUT2D eigenvalue weighted by molar-refractivity contribution is -0.161. The Morgan fingerprint density at radius 3 is 1.90 bits per heavy atom. The van der Waals surface area contributed by atoms with Crippen molar-refractivity contribution in [3.05, 3.63) is 35.1 Å². The molecule has 0 fully saturated rings. The summed E-state index contributed by atoms with van der Waals surface area (Å²) in [6.45, 7) is 3.13. The Morgan fingerprint density at radius 2 is 1.43 bits per heavy atom. The zero-order chi connectivity index (χ0) is 16.0. The topological polar surface area (TPSA) is 52.6 Å². The molecule has 21 heavy (non-hydrogen) atoms. The highest BCUT2D eigenvalue weighted by atomic mass is 19.2. The van der Waals surface area contributed by atoms with Gasteiger partial charge in [-0.05, 0) is 31.9 Å². The van der Waals surface area contributed by atoms with E-state index < -0.39 is 41.7 Å². The average Bonchev–Trinajstić information content (AvgIpc) is 2.41. The van der Waals surface area contributed by atoms with Gasteiger partial charge in [-0.25, -0.2) is 13.2 Å². The minimum Gasteiger partial charge on any atom is -0.465 e. The van der Waals surface area contributed by atoms with Crippen molar-refractivity contribution in [1.82, 2.24) is 0 Å². The number of carbonyl (C=O) groups excluding carboxylic acids is 2. The Hall–Kier alpha value is -2.05. The van der Waals surface area contributed by atoms with Gasteiger partial charge in [0.25, 0.3) is 0 Å². The molecule has 0 unspecified atom stereocenters. The third-order valence-corrected chi connectivity index (χ3v) is 2.66. The molecule has 0 aromatic heterocycles. The Labute approximate surface area is 119 Å². The molecule has 0 N–H and O–H groups in total. The van der Waals surface area contributed by atoms with E-state index in [0.717, 1.165) is 0 Å². The van der Waals surface area contributed by atoms with E-state index in [2.05, 4.69) is 0 Å². The van der Waals surface area contributed by atoms with Crippen molar-refractivity contribution in [2.24, 2.45) is 5.92 Å². The van der Waals surface area contributed by atoms with Crippen LogP contribution in [0.1, 0.15) is 19.4 Å². The summed E-state index contributed by atoms with van der Waals surface area (Å²) in [5.41, 5.74) is -0.306. The Morgan fingerprint density at radius 1 is 0.952 bits per heavy atom. The van der Waals surface area contributed by atoms with E-state index >= 15 is 0 Å². The largest absolute Gasteiger partial charge is 0.465 e. The lowest BCUT2D eigenvalue weighted by atomic mass is 9.98. The zero-order valence-electron chi connectivity index (χ0n) is 11.6. The van der Waals surface area contributed by atoms with Crippen molar-refractivity contribution in [3.63, 3.8) is 0 Å². The van der Waals surface area contributed by atoms with Gasteiger partial charge < -0.3 is 9.47 Å². The molecule has 1 aromatic rings. The molecule has 0 aliphatic heterocycles. The minimum atomic E-state index is -1.43. The summed E-state index contributed by atoms with van der Waals surface area (Å²) < 4.78 is 49.0. The number of rotatable bonds is 6. The van der Waals surface area contributed by atoms with Crippen molar-refractivity contribution < 1.29 is 32.2 Å². The first-order chi connectivity index (χ1) is 9.90. The van der Waals surface area contributed by atoms with E-state index in [0.29, 0.717) is 12.1 Å². The molecular weight excluding hydrogens is 289 g/mol. The number of carbonyl (C=O) groups is 2. The minimum absolute atomic E-state index is 0.0228. The molecule has 1 rings (SSSR count). The van der Waals surface area contributed by atoms with Gasteiger partial charge in [0.05, 0.1) is 13.2 Å². The molecule has 0 radical (unpaired) electrons. The normalized spacial score (nSPS) is 10.6. The Kier molecular flexibility index (Phi) is 6.20. The highest BCUT2D eigenvalue weighted by Crippen LogP contribution is 2.19. The summed E-state index contributed by atoms with van der Waals surface area (Å²) in [5.74, 6) is -6.89. The smallest absolute Gasteiger partial charge is 0.320 e. The van der Waals surface area contributed by atoms with E-state index in [1.54, 1.807) is 0 Å². The molecule has 0 bridgehead atoms. The summed E-state index contributed by atoms with van der Waals surface area (Å²) in [5, 5.41) is 0. The summed E-state index contributed by atoms with van der Waals surface area (Å²) >= 11 is 0. The predicted molar refractivity (Wildman–Crippen MR) is 66.8 cm³/mol. The second-order valence-corrected chi connectivity index (χ2v) is 4.12. The fraction of sp³-hybridized carbons (Fsp3) is 0.429. The maximum absolute atomic E-state index is 13.6. The van der Waals surface area contributed by atoms with Crippen molar-refractivity contribution in [2.45, 2.75) is 20.3 Å². The molecule has 0 spiro atoms. The van der Waals surface area contributed by atoms with Crippen LogP contribution in [0.15, 0.2) is 12.1 Å². The second-order valence-electron chi connectivity index (χ2n) is 4.12. The van der Waals surface area contributed by atoms with Crippen molar-refractivity contribution in [1.29, 1.82) is 0 Å². The van der Waals surface area contributed by atoms with Gasteiger partial charge in [0.15, 0.2) is 17.6 Å². The first-order valence-electron chi connectivity index (χ1n) is 6.37. The standard InChI is InChI=1S/C14H15F3O4/c1-3-20-13(18)9(14(19)21-4-2)5-8-6-11(16)12(17)7-10(8)15/h6-7,9H,3-5H2,1-2H3. The molecule has 0 heterocycles. The van der Waals surface area contributed by atoms with E-state index in [-0.39, 0.29) is 18.8 Å². The SMILES string of the molecule is CCOC(=O)C(Cc1cc(F)c(F)cc1F)C(=O)OCC. The first-order valence-corrected chi connectivity index (χ1v) is 6.37. The number of esters is 2. The molecule has 0 saturated heterocycles. The highest BCUT2D eigenvalue weighted by Gasteiger charge is 2.31. The third-order valence-electron chi connectivity index (χ3n) is 2.66. The van der Waals surface area contributed by atoms with Gasteiger partial charge in [-0.2, -0.15) is 0 Å². The van der Waals surface area contributed by atoms with E-state index in [9.17, 15) is 22.8 Å². The van der Waals surface area contributed by atoms with Gasteiger partial charge in [-0.3, -0.25) is 9.59 Å². The fourth-order valence-electron chi connectivity index (χ4n) is 1.69. The number of ether oxygens (including phenoxy) is 2. The summed E-state index contributed by atoms with van der Waals surface area (Å²) in [7, 11) is 0. The summed E-state index contributed by atoms with van der Waals surface area (Å²) in [6.07, 6.45) is -0.472. The Bertz CT molecular complexity index is 513. The van der Waals surface area contributed by atoms with Crippen LogP contribution in [-0.4, -0.2) is 25.2 Å². The quantitative estimate of drug-likeness (QED) is 0.460. The molecule has 0 atom stereocenters. The molecule has 0 amide bonds. The van der Waals surface area contributed by atoms with Crippen LogP contribution >= 0.6 is 0 Å². The van der Waals surface area contributed by atoms with Crippen LogP contribution < -0.4 is 0 Å². The molecular formula is C14H15F3O4. The lowest BCUT2D eigenvalue weighted by Gasteiger charge is -2.15. The van der Waals surface area contributed by atoms with Gasteiger partial charge >= 0.3 is 11.9 Å².